The molecule has 0 aromatic carbocycles. The third kappa shape index (κ3) is 4.24. The van der Waals surface area contributed by atoms with E-state index >= 15 is 0 Å². The second-order valence-electron chi connectivity index (χ2n) is 4.76. The van der Waals surface area contributed by atoms with Crippen LogP contribution in [0.5, 0.6) is 0 Å². The Hall–Kier alpha value is -1.26. The average molecular weight is 242 g/mol. The number of carboxylic acids is 1. The number of likely N-dealkylation sites (tertiary alicyclic amines) is 1. The number of hydrogen-bond donors (Lipinski definition) is 2. The summed E-state index contributed by atoms with van der Waals surface area (Å²) in [4.78, 5) is 24.2. The lowest BCUT2D eigenvalue weighted by molar-refractivity contribution is -0.141. The van der Waals surface area contributed by atoms with Gasteiger partial charge in [0.15, 0.2) is 0 Å². The van der Waals surface area contributed by atoms with Gasteiger partial charge in [0, 0.05) is 19.1 Å². The Balaban J connectivity index is 2.31. The van der Waals surface area contributed by atoms with Gasteiger partial charge in [0.05, 0.1) is 5.92 Å². The predicted octanol–water partition coefficient (Wildman–Crippen LogP) is 1.68. The predicted molar refractivity (Wildman–Crippen MR) is 64.8 cm³/mol. The first-order chi connectivity index (χ1) is 8.04. The Morgan fingerprint density at radius 1 is 1.53 bits per heavy atom. The molecule has 0 aliphatic carbocycles. The minimum atomic E-state index is -0.806. The van der Waals surface area contributed by atoms with Gasteiger partial charge in [0.2, 0.25) is 0 Å². The van der Waals surface area contributed by atoms with E-state index in [0.717, 1.165) is 19.3 Å². The molecule has 0 radical (unpaired) electrons. The normalized spacial score (nSPS) is 21.3. The van der Waals surface area contributed by atoms with Gasteiger partial charge in [-0.3, -0.25) is 4.79 Å². The number of unbranched alkanes of at least 4 members (excludes halogenated alkanes) is 1. The number of urea groups is 1. The molecular weight excluding hydrogens is 220 g/mol. The zero-order valence-electron chi connectivity index (χ0n) is 10.6. The minimum Gasteiger partial charge on any atom is -0.481 e. The Morgan fingerprint density at radius 3 is 2.76 bits per heavy atom. The second-order valence-corrected chi connectivity index (χ2v) is 4.76. The van der Waals surface area contributed by atoms with E-state index in [1.807, 2.05) is 6.92 Å². The minimum absolute atomic E-state index is 0.127. The van der Waals surface area contributed by atoms with Crippen LogP contribution in [0.25, 0.3) is 0 Å². The highest BCUT2D eigenvalue weighted by molar-refractivity contribution is 5.77. The molecule has 0 aromatic rings. The van der Waals surface area contributed by atoms with Crippen molar-refractivity contribution in [1.29, 1.82) is 0 Å². The lowest BCUT2D eigenvalue weighted by Crippen LogP contribution is -2.43. The van der Waals surface area contributed by atoms with Crippen molar-refractivity contribution in [2.75, 3.05) is 13.1 Å². The SMILES string of the molecule is CCCCC(C)NC(=O)N1CCC(C(=O)O)C1. The van der Waals surface area contributed by atoms with Gasteiger partial charge in [-0.25, -0.2) is 4.79 Å². The van der Waals surface area contributed by atoms with E-state index in [2.05, 4.69) is 12.2 Å². The molecule has 0 spiro atoms. The quantitative estimate of drug-likeness (QED) is 0.770. The summed E-state index contributed by atoms with van der Waals surface area (Å²) in [5, 5.41) is 11.8. The van der Waals surface area contributed by atoms with Gasteiger partial charge in [-0.2, -0.15) is 0 Å². The van der Waals surface area contributed by atoms with E-state index in [4.69, 9.17) is 5.11 Å². The average Bonchev–Trinajstić information content (AvgIpc) is 2.75. The second kappa shape index (κ2) is 6.47. The Kier molecular flexibility index (Phi) is 5.25. The topological polar surface area (TPSA) is 69.6 Å². The van der Waals surface area contributed by atoms with Crippen molar-refractivity contribution in [3.05, 3.63) is 0 Å². The summed E-state index contributed by atoms with van der Waals surface area (Å²) in [6, 6.07) is 0.0312. The Labute approximate surface area is 102 Å². The van der Waals surface area contributed by atoms with Crippen LogP contribution < -0.4 is 5.32 Å². The lowest BCUT2D eigenvalue weighted by Gasteiger charge is -2.20. The molecule has 0 saturated carbocycles. The number of nitrogens with zero attached hydrogens (tertiary/aromatic N) is 1. The molecule has 2 amide bonds. The van der Waals surface area contributed by atoms with Crippen LogP contribution in [0, 0.1) is 5.92 Å². The van der Waals surface area contributed by atoms with E-state index in [-0.39, 0.29) is 12.1 Å². The third-order valence-electron chi connectivity index (χ3n) is 3.19. The van der Waals surface area contributed by atoms with Gasteiger partial charge in [0.1, 0.15) is 0 Å². The van der Waals surface area contributed by atoms with Crippen LogP contribution in [-0.2, 0) is 4.79 Å². The molecule has 1 heterocycles. The molecule has 1 aliphatic heterocycles. The zero-order chi connectivity index (χ0) is 12.8. The first kappa shape index (κ1) is 13.8. The Morgan fingerprint density at radius 2 is 2.24 bits per heavy atom. The fourth-order valence-corrected chi connectivity index (χ4v) is 2.03. The van der Waals surface area contributed by atoms with Gasteiger partial charge in [0.25, 0.3) is 0 Å². The fourth-order valence-electron chi connectivity index (χ4n) is 2.03. The third-order valence-corrected chi connectivity index (χ3v) is 3.19. The summed E-state index contributed by atoms with van der Waals surface area (Å²) < 4.78 is 0. The molecule has 5 heteroatoms. The van der Waals surface area contributed by atoms with Crippen molar-refractivity contribution >= 4 is 12.0 Å². The molecule has 0 bridgehead atoms. The molecule has 1 aliphatic rings. The van der Waals surface area contributed by atoms with Crippen molar-refractivity contribution < 1.29 is 14.7 Å². The van der Waals surface area contributed by atoms with Crippen LogP contribution in [-0.4, -0.2) is 41.1 Å². The first-order valence-corrected chi connectivity index (χ1v) is 6.32. The number of aliphatic carboxylic acids is 1. The maximum atomic E-state index is 11.8. The zero-order valence-corrected chi connectivity index (χ0v) is 10.6. The maximum Gasteiger partial charge on any atom is 0.317 e. The van der Waals surface area contributed by atoms with Crippen LogP contribution in [0.4, 0.5) is 4.79 Å². The van der Waals surface area contributed by atoms with Crippen LogP contribution >= 0.6 is 0 Å². The van der Waals surface area contributed by atoms with Crippen molar-refractivity contribution in [3.63, 3.8) is 0 Å². The molecule has 2 unspecified atom stereocenters. The maximum absolute atomic E-state index is 11.8. The molecule has 1 saturated heterocycles. The molecule has 1 rings (SSSR count). The summed E-state index contributed by atoms with van der Waals surface area (Å²) in [7, 11) is 0. The van der Waals surface area contributed by atoms with Gasteiger partial charge < -0.3 is 15.3 Å². The number of hydrogen-bond acceptors (Lipinski definition) is 2. The van der Waals surface area contributed by atoms with Crippen molar-refractivity contribution in [2.24, 2.45) is 5.92 Å². The molecule has 5 nitrogen and oxygen atoms in total. The summed E-state index contributed by atoms with van der Waals surface area (Å²) in [6.07, 6.45) is 3.74. The number of carbonyl (C=O) groups excluding carboxylic acids is 1. The largest absolute Gasteiger partial charge is 0.481 e. The number of carboxylic acid groups (broad SMARTS) is 1. The van der Waals surface area contributed by atoms with E-state index < -0.39 is 11.9 Å². The van der Waals surface area contributed by atoms with Crippen LogP contribution in [0.1, 0.15) is 39.5 Å². The number of nitrogens with one attached hydrogen (secondary N) is 1. The highest BCUT2D eigenvalue weighted by atomic mass is 16.4. The van der Waals surface area contributed by atoms with E-state index in [0.29, 0.717) is 19.5 Å². The Bertz CT molecular complexity index is 281. The van der Waals surface area contributed by atoms with Crippen molar-refractivity contribution in [3.8, 4) is 0 Å². The summed E-state index contributed by atoms with van der Waals surface area (Å²) in [6.45, 7) is 4.98. The monoisotopic (exact) mass is 242 g/mol. The van der Waals surface area contributed by atoms with Gasteiger partial charge in [-0.15, -0.1) is 0 Å². The summed E-state index contributed by atoms with van der Waals surface area (Å²) in [5.41, 5.74) is 0. The van der Waals surface area contributed by atoms with Gasteiger partial charge >= 0.3 is 12.0 Å². The van der Waals surface area contributed by atoms with E-state index in [1.54, 1.807) is 4.90 Å². The van der Waals surface area contributed by atoms with Crippen molar-refractivity contribution in [2.45, 2.75) is 45.6 Å². The van der Waals surface area contributed by atoms with Crippen molar-refractivity contribution in [1.82, 2.24) is 10.2 Å². The van der Waals surface area contributed by atoms with Crippen LogP contribution in [0.3, 0.4) is 0 Å². The summed E-state index contributed by atoms with van der Waals surface area (Å²) in [5.74, 6) is -1.20. The number of carbonyl (C=O) groups is 2. The van der Waals surface area contributed by atoms with Gasteiger partial charge in [-0.1, -0.05) is 19.8 Å². The fraction of sp³-hybridized carbons (Fsp3) is 0.833. The first-order valence-electron chi connectivity index (χ1n) is 6.32. The summed E-state index contributed by atoms with van der Waals surface area (Å²) >= 11 is 0. The molecule has 17 heavy (non-hydrogen) atoms. The standard InChI is InChI=1S/C12H22N2O3/c1-3-4-5-9(2)13-12(17)14-7-6-10(8-14)11(15)16/h9-10H,3-8H2,1-2H3,(H,13,17)(H,15,16). The highest BCUT2D eigenvalue weighted by Crippen LogP contribution is 2.16. The van der Waals surface area contributed by atoms with E-state index in [9.17, 15) is 9.59 Å². The molecule has 98 valence electrons. The molecule has 2 N–H and O–H groups in total. The highest BCUT2D eigenvalue weighted by Gasteiger charge is 2.31. The van der Waals surface area contributed by atoms with E-state index in [1.165, 1.54) is 0 Å². The van der Waals surface area contributed by atoms with Gasteiger partial charge in [-0.05, 0) is 19.8 Å². The number of amides is 2. The molecule has 2 atom stereocenters. The molecule has 0 aromatic heterocycles. The number of rotatable bonds is 5. The van der Waals surface area contributed by atoms with Crippen LogP contribution in [0.15, 0.2) is 0 Å². The smallest absolute Gasteiger partial charge is 0.317 e. The lowest BCUT2D eigenvalue weighted by atomic mass is 10.1. The van der Waals surface area contributed by atoms with Crippen LogP contribution in [0.2, 0.25) is 0 Å². The molecular formula is C12H22N2O3. The molecule has 1 fully saturated rings.